The van der Waals surface area contributed by atoms with Crippen LogP contribution in [0.25, 0.3) is 0 Å². The lowest BCUT2D eigenvalue weighted by Crippen LogP contribution is -2.45. The van der Waals surface area contributed by atoms with E-state index in [1.807, 2.05) is 5.01 Å². The molecule has 0 atom stereocenters. The first-order valence-electron chi connectivity index (χ1n) is 5.93. The molecule has 3 heteroatoms. The van der Waals surface area contributed by atoms with Crippen molar-refractivity contribution >= 4 is 5.91 Å². The fraction of sp³-hybridized carbons (Fsp3) is 0.909. The first kappa shape index (κ1) is 9.97. The van der Waals surface area contributed by atoms with E-state index in [-0.39, 0.29) is 0 Å². The van der Waals surface area contributed by atoms with Crippen molar-refractivity contribution in [3.05, 3.63) is 0 Å². The van der Waals surface area contributed by atoms with Gasteiger partial charge in [-0.2, -0.15) is 0 Å². The van der Waals surface area contributed by atoms with E-state index in [0.717, 1.165) is 32.4 Å². The largest absolute Gasteiger partial charge is 0.278 e. The minimum Gasteiger partial charge on any atom is -0.278 e. The molecule has 3 nitrogen and oxygen atoms in total. The van der Waals surface area contributed by atoms with Gasteiger partial charge in [-0.3, -0.25) is 9.80 Å². The molecule has 1 aliphatic carbocycles. The molecule has 0 aromatic rings. The Labute approximate surface area is 85.8 Å². The Kier molecular flexibility index (Phi) is 3.40. The fourth-order valence-electron chi connectivity index (χ4n) is 2.45. The van der Waals surface area contributed by atoms with Crippen LogP contribution in [0.2, 0.25) is 0 Å². The molecule has 1 heterocycles. The van der Waals surface area contributed by atoms with Gasteiger partial charge in [0, 0.05) is 19.0 Å². The number of amides is 1. The quantitative estimate of drug-likeness (QED) is 0.692. The zero-order chi connectivity index (χ0) is 9.80. The van der Waals surface area contributed by atoms with Gasteiger partial charge in [0.2, 0.25) is 5.91 Å². The van der Waals surface area contributed by atoms with Crippen LogP contribution in [-0.2, 0) is 4.79 Å². The van der Waals surface area contributed by atoms with Crippen LogP contribution in [0.1, 0.15) is 44.9 Å². The lowest BCUT2D eigenvalue weighted by Gasteiger charge is -2.24. The van der Waals surface area contributed by atoms with Crippen LogP contribution < -0.4 is 5.43 Å². The van der Waals surface area contributed by atoms with Gasteiger partial charge in [-0.15, -0.1) is 0 Å². The third kappa shape index (κ3) is 2.27. The van der Waals surface area contributed by atoms with Crippen molar-refractivity contribution in [3.63, 3.8) is 0 Å². The number of hydrogen-bond donors (Lipinski definition) is 1. The molecule has 1 N–H and O–H groups in total. The van der Waals surface area contributed by atoms with Crippen LogP contribution in [0.5, 0.6) is 0 Å². The highest BCUT2D eigenvalue weighted by Crippen LogP contribution is 2.26. The average Bonchev–Trinajstić information content (AvgIpc) is 2.59. The molecule has 1 saturated carbocycles. The monoisotopic (exact) mass is 196 g/mol. The third-order valence-electron chi connectivity index (χ3n) is 3.33. The molecular formula is C11H20N2O. The van der Waals surface area contributed by atoms with Gasteiger partial charge in [0.1, 0.15) is 0 Å². The highest BCUT2D eigenvalue weighted by Gasteiger charge is 2.27. The van der Waals surface area contributed by atoms with Crippen molar-refractivity contribution in [1.29, 1.82) is 0 Å². The van der Waals surface area contributed by atoms with Crippen molar-refractivity contribution in [3.8, 4) is 0 Å². The van der Waals surface area contributed by atoms with Gasteiger partial charge in [0.25, 0.3) is 0 Å². The molecule has 0 spiro atoms. The fourth-order valence-corrected chi connectivity index (χ4v) is 2.45. The molecule has 14 heavy (non-hydrogen) atoms. The van der Waals surface area contributed by atoms with Crippen LogP contribution in [0.3, 0.4) is 0 Å². The van der Waals surface area contributed by atoms with Crippen LogP contribution in [0, 0.1) is 5.92 Å². The summed E-state index contributed by atoms with van der Waals surface area (Å²) < 4.78 is 0. The maximum absolute atomic E-state index is 12.0. The summed E-state index contributed by atoms with van der Waals surface area (Å²) in [5.41, 5.74) is 3.24. The Hall–Kier alpha value is -0.570. The second-order valence-corrected chi connectivity index (χ2v) is 4.44. The summed E-state index contributed by atoms with van der Waals surface area (Å²) in [6.45, 7) is 1.88. The van der Waals surface area contributed by atoms with E-state index in [9.17, 15) is 4.79 Å². The predicted octanol–water partition coefficient (Wildman–Crippen LogP) is 1.69. The maximum atomic E-state index is 12.0. The van der Waals surface area contributed by atoms with E-state index in [1.54, 1.807) is 0 Å². The lowest BCUT2D eigenvalue weighted by atomic mass is 10.1. The minimum absolute atomic E-state index is 0.320. The summed E-state index contributed by atoms with van der Waals surface area (Å²) in [6.07, 6.45) is 8.31. The van der Waals surface area contributed by atoms with Gasteiger partial charge in [0.05, 0.1) is 0 Å². The second kappa shape index (κ2) is 4.78. The molecule has 0 aromatic heterocycles. The highest BCUT2D eigenvalue weighted by molar-refractivity contribution is 5.78. The van der Waals surface area contributed by atoms with Crippen LogP contribution in [0.4, 0.5) is 0 Å². The Bertz CT molecular complexity index is 191. The van der Waals surface area contributed by atoms with Crippen LogP contribution in [0.15, 0.2) is 0 Å². The topological polar surface area (TPSA) is 32.3 Å². The maximum Gasteiger partial charge on any atom is 0.239 e. The molecule has 1 saturated heterocycles. The number of hydrogen-bond acceptors (Lipinski definition) is 2. The molecule has 2 rings (SSSR count). The second-order valence-electron chi connectivity index (χ2n) is 4.44. The molecule has 2 fully saturated rings. The molecule has 0 unspecified atom stereocenters. The standard InChI is InChI=1S/C11H20N2O/c14-11(10-6-2-3-7-10)13-9-5-1-4-8-12-13/h10,12H,1-9H2. The van der Waals surface area contributed by atoms with Crippen molar-refractivity contribution in [2.24, 2.45) is 5.92 Å². The van der Waals surface area contributed by atoms with E-state index < -0.39 is 0 Å². The Morgan fingerprint density at radius 2 is 1.86 bits per heavy atom. The molecule has 1 amide bonds. The number of nitrogens with zero attached hydrogens (tertiary/aromatic N) is 1. The van der Waals surface area contributed by atoms with E-state index in [1.165, 1.54) is 25.7 Å². The number of carbonyl (C=O) groups is 1. The minimum atomic E-state index is 0.320. The average molecular weight is 196 g/mol. The van der Waals surface area contributed by atoms with Crippen molar-refractivity contribution in [2.75, 3.05) is 13.1 Å². The summed E-state index contributed by atoms with van der Waals surface area (Å²) >= 11 is 0. The smallest absolute Gasteiger partial charge is 0.239 e. The number of hydrazine groups is 1. The van der Waals surface area contributed by atoms with Crippen molar-refractivity contribution in [2.45, 2.75) is 44.9 Å². The summed E-state index contributed by atoms with van der Waals surface area (Å²) in [6, 6.07) is 0. The van der Waals surface area contributed by atoms with E-state index in [4.69, 9.17) is 0 Å². The number of carbonyl (C=O) groups excluding carboxylic acids is 1. The van der Waals surface area contributed by atoms with Gasteiger partial charge in [0.15, 0.2) is 0 Å². The summed E-state index contributed by atoms with van der Waals surface area (Å²) in [4.78, 5) is 12.0. The van der Waals surface area contributed by atoms with Crippen LogP contribution >= 0.6 is 0 Å². The molecule has 80 valence electrons. The highest BCUT2D eigenvalue weighted by atomic mass is 16.2. The molecule has 0 aromatic carbocycles. The number of rotatable bonds is 1. The molecular weight excluding hydrogens is 176 g/mol. The molecule has 2 aliphatic rings. The Balaban J connectivity index is 1.88. The molecule has 0 bridgehead atoms. The summed E-state index contributed by atoms with van der Waals surface area (Å²) in [5, 5.41) is 1.88. The van der Waals surface area contributed by atoms with Crippen molar-refractivity contribution < 1.29 is 4.79 Å². The Morgan fingerprint density at radius 1 is 1.07 bits per heavy atom. The molecule has 1 aliphatic heterocycles. The first-order valence-corrected chi connectivity index (χ1v) is 5.93. The van der Waals surface area contributed by atoms with Crippen molar-refractivity contribution in [1.82, 2.24) is 10.4 Å². The summed E-state index contributed by atoms with van der Waals surface area (Å²) in [5.74, 6) is 0.671. The SMILES string of the molecule is O=C(C1CCCC1)N1CCCCCN1. The number of nitrogens with one attached hydrogen (secondary N) is 1. The zero-order valence-electron chi connectivity index (χ0n) is 8.80. The van der Waals surface area contributed by atoms with Crippen LogP contribution in [-0.4, -0.2) is 24.0 Å². The molecule has 0 radical (unpaired) electrons. The van der Waals surface area contributed by atoms with Gasteiger partial charge in [-0.1, -0.05) is 19.3 Å². The zero-order valence-corrected chi connectivity index (χ0v) is 8.80. The Morgan fingerprint density at radius 3 is 2.64 bits per heavy atom. The van der Waals surface area contributed by atoms with E-state index >= 15 is 0 Å². The lowest BCUT2D eigenvalue weighted by molar-refractivity contribution is -0.138. The van der Waals surface area contributed by atoms with Gasteiger partial charge in [-0.05, 0) is 25.7 Å². The van der Waals surface area contributed by atoms with Gasteiger partial charge < -0.3 is 0 Å². The van der Waals surface area contributed by atoms with Gasteiger partial charge in [-0.25, -0.2) is 5.43 Å². The van der Waals surface area contributed by atoms with E-state index in [0.29, 0.717) is 11.8 Å². The van der Waals surface area contributed by atoms with Gasteiger partial charge >= 0.3 is 0 Å². The van der Waals surface area contributed by atoms with E-state index in [2.05, 4.69) is 5.43 Å². The summed E-state index contributed by atoms with van der Waals surface area (Å²) in [7, 11) is 0. The normalized spacial score (nSPS) is 25.0. The first-order chi connectivity index (χ1) is 6.88. The third-order valence-corrected chi connectivity index (χ3v) is 3.33. The predicted molar refractivity (Wildman–Crippen MR) is 55.5 cm³/mol.